The first kappa shape index (κ1) is 23.6. The minimum Gasteiger partial charge on any atom is -0.338 e. The Morgan fingerprint density at radius 2 is 1.59 bits per heavy atom. The first-order valence-corrected chi connectivity index (χ1v) is 12.2. The van der Waals surface area contributed by atoms with E-state index in [1.807, 2.05) is 30.3 Å². The lowest BCUT2D eigenvalue weighted by molar-refractivity contribution is 0.252. The topological polar surface area (TPSA) is 78.5 Å². The third-order valence-electron chi connectivity index (χ3n) is 4.89. The van der Waals surface area contributed by atoms with Crippen LogP contribution in [0.3, 0.4) is 0 Å². The number of nitrogens with one attached hydrogen (secondary N) is 2. The van der Waals surface area contributed by atoms with Gasteiger partial charge < -0.3 is 10.6 Å². The molecule has 0 bridgehead atoms. The van der Waals surface area contributed by atoms with Gasteiger partial charge in [-0.3, -0.25) is 4.31 Å². The molecule has 2 amide bonds. The van der Waals surface area contributed by atoms with Crippen molar-refractivity contribution >= 4 is 39.0 Å². The highest BCUT2D eigenvalue weighted by atomic mass is 35.5. The van der Waals surface area contributed by atoms with Gasteiger partial charge >= 0.3 is 6.03 Å². The average Bonchev–Trinajstić information content (AvgIpc) is 2.80. The second-order valence-electron chi connectivity index (χ2n) is 7.15. The van der Waals surface area contributed by atoms with Crippen LogP contribution in [0.15, 0.2) is 83.8 Å². The smallest absolute Gasteiger partial charge is 0.319 e. The Bertz CT molecular complexity index is 1120. The van der Waals surface area contributed by atoms with Crippen molar-refractivity contribution in [2.24, 2.45) is 0 Å². The molecule has 0 heterocycles. The first-order chi connectivity index (χ1) is 15.4. The van der Waals surface area contributed by atoms with Gasteiger partial charge in [-0.2, -0.15) is 0 Å². The van der Waals surface area contributed by atoms with E-state index < -0.39 is 10.0 Å². The van der Waals surface area contributed by atoms with Crippen LogP contribution in [0.1, 0.15) is 18.9 Å². The number of hydrogen-bond acceptors (Lipinski definition) is 3. The molecular weight excluding hydrogens is 446 g/mol. The van der Waals surface area contributed by atoms with E-state index in [1.54, 1.807) is 36.4 Å². The predicted molar refractivity (Wildman–Crippen MR) is 130 cm³/mol. The molecule has 0 aliphatic heterocycles. The van der Waals surface area contributed by atoms with Crippen LogP contribution >= 0.6 is 11.6 Å². The summed E-state index contributed by atoms with van der Waals surface area (Å²) in [6.07, 6.45) is 1.37. The number of hydrogen-bond donors (Lipinski definition) is 2. The summed E-state index contributed by atoms with van der Waals surface area (Å²) >= 11 is 5.91. The summed E-state index contributed by atoms with van der Waals surface area (Å²) in [6.45, 7) is 2.60. The molecule has 0 saturated carbocycles. The van der Waals surface area contributed by atoms with Gasteiger partial charge in [0.1, 0.15) is 0 Å². The molecule has 0 unspecified atom stereocenters. The van der Waals surface area contributed by atoms with Crippen molar-refractivity contribution in [2.75, 3.05) is 22.7 Å². The number of urea groups is 1. The van der Waals surface area contributed by atoms with Crippen LogP contribution in [0.2, 0.25) is 5.02 Å². The lowest BCUT2D eigenvalue weighted by Crippen LogP contribution is -2.35. The summed E-state index contributed by atoms with van der Waals surface area (Å²) in [7, 11) is -3.78. The largest absolute Gasteiger partial charge is 0.338 e. The molecule has 3 rings (SSSR count). The molecule has 8 heteroatoms. The third kappa shape index (κ3) is 6.24. The van der Waals surface area contributed by atoms with E-state index in [2.05, 4.69) is 17.6 Å². The lowest BCUT2D eigenvalue weighted by Gasteiger charge is -2.24. The van der Waals surface area contributed by atoms with Gasteiger partial charge in [0.05, 0.1) is 10.6 Å². The van der Waals surface area contributed by atoms with Crippen molar-refractivity contribution in [3.63, 3.8) is 0 Å². The Balaban J connectivity index is 1.62. The van der Waals surface area contributed by atoms with Gasteiger partial charge in [-0.1, -0.05) is 48.9 Å². The molecule has 0 radical (unpaired) electrons. The van der Waals surface area contributed by atoms with Crippen molar-refractivity contribution in [2.45, 2.75) is 24.7 Å². The molecule has 0 atom stereocenters. The zero-order valence-corrected chi connectivity index (χ0v) is 19.4. The molecule has 32 heavy (non-hydrogen) atoms. The molecule has 0 fully saturated rings. The van der Waals surface area contributed by atoms with E-state index in [9.17, 15) is 13.2 Å². The summed E-state index contributed by atoms with van der Waals surface area (Å²) in [4.78, 5) is 12.3. The molecular formula is C24H26ClN3O3S. The van der Waals surface area contributed by atoms with E-state index in [4.69, 9.17) is 11.6 Å². The third-order valence-corrected chi connectivity index (χ3v) is 6.98. The van der Waals surface area contributed by atoms with Gasteiger partial charge in [0.2, 0.25) is 0 Å². The molecule has 0 aliphatic rings. The Kier molecular flexibility index (Phi) is 8.14. The van der Waals surface area contributed by atoms with Crippen molar-refractivity contribution in [1.82, 2.24) is 5.32 Å². The van der Waals surface area contributed by atoms with Gasteiger partial charge in [-0.25, -0.2) is 13.2 Å². The zero-order valence-electron chi connectivity index (χ0n) is 17.8. The van der Waals surface area contributed by atoms with Crippen molar-refractivity contribution in [3.05, 3.63) is 89.4 Å². The normalized spacial score (nSPS) is 11.1. The van der Waals surface area contributed by atoms with Gasteiger partial charge in [0.15, 0.2) is 0 Å². The highest BCUT2D eigenvalue weighted by molar-refractivity contribution is 7.92. The number of halogens is 1. The number of sulfonamides is 1. The number of amides is 2. The van der Waals surface area contributed by atoms with Crippen LogP contribution in [0.5, 0.6) is 0 Å². The van der Waals surface area contributed by atoms with Crippen LogP contribution in [0, 0.1) is 0 Å². The fourth-order valence-electron chi connectivity index (χ4n) is 3.14. The molecule has 0 aliphatic carbocycles. The molecule has 168 valence electrons. The lowest BCUT2D eigenvalue weighted by atomic mass is 10.1. The summed E-state index contributed by atoms with van der Waals surface area (Å²) in [6, 6.07) is 22.3. The SMILES string of the molecule is CCc1ccc(NC(=O)NCCCN(c2ccccc2)S(=O)(=O)c2ccc(Cl)cc2)cc1. The summed E-state index contributed by atoms with van der Waals surface area (Å²) in [5, 5.41) is 6.02. The van der Waals surface area contributed by atoms with Gasteiger partial charge in [-0.05, 0) is 66.9 Å². The standard InChI is InChI=1S/C24H26ClN3O3S/c1-2-19-9-13-21(14-10-19)27-24(29)26-17-6-18-28(22-7-4-3-5-8-22)32(30,31)23-15-11-20(25)12-16-23/h3-5,7-16H,2,6,17-18H2,1H3,(H2,26,27,29). The van der Waals surface area contributed by atoms with E-state index in [0.29, 0.717) is 29.4 Å². The number of aryl methyl sites for hydroxylation is 1. The van der Waals surface area contributed by atoms with Crippen LogP contribution in [-0.4, -0.2) is 27.5 Å². The second-order valence-corrected chi connectivity index (χ2v) is 9.45. The van der Waals surface area contributed by atoms with E-state index >= 15 is 0 Å². The number of carbonyl (C=O) groups excluding carboxylic acids is 1. The second kappa shape index (κ2) is 11.0. The minimum atomic E-state index is -3.78. The fraction of sp³-hybridized carbons (Fsp3) is 0.208. The monoisotopic (exact) mass is 471 g/mol. The van der Waals surface area contributed by atoms with Crippen LogP contribution < -0.4 is 14.9 Å². The molecule has 3 aromatic rings. The number of nitrogens with zero attached hydrogens (tertiary/aromatic N) is 1. The highest BCUT2D eigenvalue weighted by Crippen LogP contribution is 2.24. The fourth-order valence-corrected chi connectivity index (χ4v) is 4.77. The van der Waals surface area contributed by atoms with E-state index in [-0.39, 0.29) is 17.5 Å². The van der Waals surface area contributed by atoms with Crippen LogP contribution in [0.25, 0.3) is 0 Å². The molecule has 2 N–H and O–H groups in total. The molecule has 0 saturated heterocycles. The molecule has 0 spiro atoms. The van der Waals surface area contributed by atoms with Crippen molar-refractivity contribution in [3.8, 4) is 0 Å². The summed E-state index contributed by atoms with van der Waals surface area (Å²) in [5.41, 5.74) is 2.46. The van der Waals surface area contributed by atoms with Gasteiger partial charge in [-0.15, -0.1) is 0 Å². The number of anilines is 2. The maximum absolute atomic E-state index is 13.2. The minimum absolute atomic E-state index is 0.159. The number of benzene rings is 3. The Hall–Kier alpha value is -3.03. The zero-order chi connectivity index (χ0) is 23.0. The van der Waals surface area contributed by atoms with Crippen LogP contribution in [-0.2, 0) is 16.4 Å². The summed E-state index contributed by atoms with van der Waals surface area (Å²) in [5.74, 6) is 0. The number of rotatable bonds is 9. The molecule has 0 aromatic heterocycles. The van der Waals surface area contributed by atoms with Gasteiger partial charge in [0.25, 0.3) is 10.0 Å². The number of para-hydroxylation sites is 1. The highest BCUT2D eigenvalue weighted by Gasteiger charge is 2.24. The predicted octanol–water partition coefficient (Wildman–Crippen LogP) is 5.31. The Labute approximate surface area is 194 Å². The molecule has 3 aromatic carbocycles. The quantitative estimate of drug-likeness (QED) is 0.415. The van der Waals surface area contributed by atoms with E-state index in [0.717, 1.165) is 6.42 Å². The van der Waals surface area contributed by atoms with E-state index in [1.165, 1.54) is 22.0 Å². The maximum atomic E-state index is 13.2. The summed E-state index contributed by atoms with van der Waals surface area (Å²) < 4.78 is 27.8. The maximum Gasteiger partial charge on any atom is 0.319 e. The van der Waals surface area contributed by atoms with Gasteiger partial charge in [0, 0.05) is 23.8 Å². The van der Waals surface area contributed by atoms with Crippen molar-refractivity contribution < 1.29 is 13.2 Å². The number of carbonyl (C=O) groups is 1. The molecule has 6 nitrogen and oxygen atoms in total. The van der Waals surface area contributed by atoms with Crippen molar-refractivity contribution in [1.29, 1.82) is 0 Å². The Morgan fingerprint density at radius 3 is 2.22 bits per heavy atom. The average molecular weight is 472 g/mol. The van der Waals surface area contributed by atoms with Crippen LogP contribution in [0.4, 0.5) is 16.2 Å². The first-order valence-electron chi connectivity index (χ1n) is 10.4. The Morgan fingerprint density at radius 1 is 0.938 bits per heavy atom.